The van der Waals surface area contributed by atoms with Crippen LogP contribution in [0.2, 0.25) is 5.02 Å². The molecule has 42 heavy (non-hydrogen) atoms. The van der Waals surface area contributed by atoms with Gasteiger partial charge in [0.15, 0.2) is 0 Å². The maximum absolute atomic E-state index is 15.6. The summed E-state index contributed by atoms with van der Waals surface area (Å²) >= 11 is 5.85. The Morgan fingerprint density at radius 2 is 1.90 bits per heavy atom. The van der Waals surface area contributed by atoms with Crippen LogP contribution in [-0.4, -0.2) is 38.0 Å². The topological polar surface area (TPSA) is 88.7 Å². The summed E-state index contributed by atoms with van der Waals surface area (Å²) < 4.78 is 89.9. The summed E-state index contributed by atoms with van der Waals surface area (Å²) in [5, 5.41) is 5.26. The van der Waals surface area contributed by atoms with E-state index in [0.717, 1.165) is 39.0 Å². The van der Waals surface area contributed by atoms with E-state index in [0.29, 0.717) is 11.8 Å². The number of rotatable bonds is 10. The maximum Gasteiger partial charge on any atom is 0.331 e. The first-order valence-electron chi connectivity index (χ1n) is 13.0. The third-order valence-electron chi connectivity index (χ3n) is 7.17. The van der Waals surface area contributed by atoms with Crippen LogP contribution in [0.25, 0.3) is 0 Å². The van der Waals surface area contributed by atoms with E-state index >= 15 is 8.78 Å². The molecule has 1 aliphatic heterocycles. The quantitative estimate of drug-likeness (QED) is 0.0902. The molecule has 4 rings (SSSR count). The number of carbonyl (C=O) groups is 1. The molecule has 1 aliphatic carbocycles. The molecule has 226 valence electrons. The fraction of sp³-hybridized carbons (Fsp3) is 0.379. The fourth-order valence-electron chi connectivity index (χ4n) is 4.82. The zero-order chi connectivity index (χ0) is 30.9. The van der Waals surface area contributed by atoms with E-state index in [1.165, 1.54) is 25.3 Å². The molecule has 0 spiro atoms. The third-order valence-corrected chi connectivity index (χ3v) is 7.46. The zero-order valence-electron chi connectivity index (χ0n) is 22.9. The van der Waals surface area contributed by atoms with Gasteiger partial charge in [-0.05, 0) is 56.9 Å². The van der Waals surface area contributed by atoms with Gasteiger partial charge in [-0.2, -0.15) is 8.78 Å². The van der Waals surface area contributed by atoms with E-state index < -0.39 is 52.6 Å². The van der Waals surface area contributed by atoms with Crippen LogP contribution in [0.3, 0.4) is 0 Å². The summed E-state index contributed by atoms with van der Waals surface area (Å²) in [5.74, 6) is -4.03. The SMILES string of the molecule is COc1cc(C(=O)NCC(C2=CC(C(C)(C)F)=C(F)C(c3cc(Cl)c(F)cc3F)N2)C2CC2)cc(/C=N/C(F)F)c1N. The molecule has 0 aromatic heterocycles. The van der Waals surface area contributed by atoms with E-state index in [1.807, 2.05) is 0 Å². The van der Waals surface area contributed by atoms with Crippen molar-refractivity contribution in [3.8, 4) is 5.75 Å². The van der Waals surface area contributed by atoms with Gasteiger partial charge in [-0.25, -0.2) is 22.6 Å². The molecule has 2 atom stereocenters. The van der Waals surface area contributed by atoms with Crippen LogP contribution in [-0.2, 0) is 0 Å². The molecular formula is C29H29ClF6N4O2. The van der Waals surface area contributed by atoms with Gasteiger partial charge in [0.25, 0.3) is 5.91 Å². The number of nitrogens with zero attached hydrogens (tertiary/aromatic N) is 1. The Morgan fingerprint density at radius 3 is 2.50 bits per heavy atom. The van der Waals surface area contributed by atoms with Crippen LogP contribution in [0, 0.1) is 23.5 Å². The molecule has 1 saturated carbocycles. The first kappa shape index (κ1) is 31.3. The molecule has 0 radical (unpaired) electrons. The number of hydrogen-bond donors (Lipinski definition) is 3. The lowest BCUT2D eigenvalue weighted by Gasteiger charge is -2.34. The maximum atomic E-state index is 15.6. The van der Waals surface area contributed by atoms with Crippen LogP contribution in [0.5, 0.6) is 5.75 Å². The second kappa shape index (κ2) is 12.3. The number of halogens is 7. The molecule has 4 N–H and O–H groups in total. The number of ether oxygens (including phenoxy) is 1. The Balaban J connectivity index is 1.64. The smallest absolute Gasteiger partial charge is 0.331 e. The average Bonchev–Trinajstić information content (AvgIpc) is 3.75. The minimum Gasteiger partial charge on any atom is -0.495 e. The van der Waals surface area contributed by atoms with E-state index in [-0.39, 0.29) is 46.2 Å². The van der Waals surface area contributed by atoms with Gasteiger partial charge in [0.2, 0.25) is 0 Å². The number of nitrogens with two attached hydrogens (primary N) is 1. The first-order chi connectivity index (χ1) is 19.7. The Labute approximate surface area is 243 Å². The molecule has 2 unspecified atom stereocenters. The number of methoxy groups -OCH3 is 1. The summed E-state index contributed by atoms with van der Waals surface area (Å²) in [6.45, 7) is -0.658. The van der Waals surface area contributed by atoms with Crippen LogP contribution < -0.4 is 21.1 Å². The van der Waals surface area contributed by atoms with Gasteiger partial charge >= 0.3 is 6.55 Å². The summed E-state index contributed by atoms with van der Waals surface area (Å²) in [4.78, 5) is 16.2. The van der Waals surface area contributed by atoms with Crippen molar-refractivity contribution in [1.82, 2.24) is 10.6 Å². The van der Waals surface area contributed by atoms with Crippen molar-refractivity contribution in [3.63, 3.8) is 0 Å². The Kier molecular flexibility index (Phi) is 9.15. The molecule has 0 bridgehead atoms. The predicted octanol–water partition coefficient (Wildman–Crippen LogP) is 6.81. The van der Waals surface area contributed by atoms with Gasteiger partial charge in [-0.1, -0.05) is 11.6 Å². The monoisotopic (exact) mass is 614 g/mol. The van der Waals surface area contributed by atoms with Crippen LogP contribution in [0.15, 0.2) is 52.4 Å². The third kappa shape index (κ3) is 6.86. The van der Waals surface area contributed by atoms with E-state index in [1.54, 1.807) is 0 Å². The van der Waals surface area contributed by atoms with Crippen LogP contribution in [0.4, 0.5) is 32.0 Å². The second-order valence-electron chi connectivity index (χ2n) is 10.6. The fourth-order valence-corrected chi connectivity index (χ4v) is 4.99. The number of aliphatic imine (C=N–C) groups is 1. The standard InChI is InChI=1S/C29H29ClF6N4O2/c1-29(2,36)18-9-22(40-26(24(18)33)16-8-19(30)21(32)10-20(16)31)17(13-4-5-13)12-38-27(41)14-6-15(11-39-28(34)35)25(37)23(7-14)42-3/h6-11,13,17,26,28,40H,4-5,12,37H2,1-3H3,(H,38,41)/b39-11+. The lowest BCUT2D eigenvalue weighted by molar-refractivity contribution is 0.0946. The minimum atomic E-state index is -2.98. The van der Waals surface area contributed by atoms with Gasteiger partial charge in [-0.3, -0.25) is 4.79 Å². The number of amides is 1. The molecule has 2 aromatic rings. The van der Waals surface area contributed by atoms with Gasteiger partial charge in [0, 0.05) is 52.7 Å². The van der Waals surface area contributed by atoms with Crippen molar-refractivity contribution in [2.45, 2.75) is 44.9 Å². The second-order valence-corrected chi connectivity index (χ2v) is 11.0. The predicted molar refractivity (Wildman–Crippen MR) is 148 cm³/mol. The van der Waals surface area contributed by atoms with E-state index in [4.69, 9.17) is 22.1 Å². The normalized spacial score (nSPS) is 18.3. The van der Waals surface area contributed by atoms with E-state index in [2.05, 4.69) is 15.6 Å². The number of anilines is 1. The van der Waals surface area contributed by atoms with Gasteiger partial charge < -0.3 is 21.1 Å². The summed E-state index contributed by atoms with van der Waals surface area (Å²) in [6.07, 6.45) is 3.69. The van der Waals surface area contributed by atoms with Crippen LogP contribution >= 0.6 is 11.6 Å². The van der Waals surface area contributed by atoms with Crippen molar-refractivity contribution < 1.29 is 35.9 Å². The van der Waals surface area contributed by atoms with Crippen molar-refractivity contribution in [3.05, 3.63) is 80.8 Å². The molecule has 13 heteroatoms. The summed E-state index contributed by atoms with van der Waals surface area (Å²) in [5.41, 5.74) is 3.60. The number of allylic oxidation sites excluding steroid dienone is 2. The first-order valence-corrected chi connectivity index (χ1v) is 13.4. The van der Waals surface area contributed by atoms with Crippen LogP contribution in [0.1, 0.15) is 54.2 Å². The highest BCUT2D eigenvalue weighted by atomic mass is 35.5. The number of carbonyl (C=O) groups excluding carboxylic acids is 1. The zero-order valence-corrected chi connectivity index (χ0v) is 23.6. The lowest BCUT2D eigenvalue weighted by atomic mass is 9.86. The number of nitrogens with one attached hydrogen (secondary N) is 2. The van der Waals surface area contributed by atoms with Crippen molar-refractivity contribution in [2.24, 2.45) is 16.8 Å². The molecule has 2 aliphatic rings. The largest absolute Gasteiger partial charge is 0.495 e. The summed E-state index contributed by atoms with van der Waals surface area (Å²) in [7, 11) is 1.30. The number of hydrogen-bond acceptors (Lipinski definition) is 5. The molecule has 1 fully saturated rings. The van der Waals surface area contributed by atoms with E-state index in [9.17, 15) is 22.4 Å². The molecule has 6 nitrogen and oxygen atoms in total. The Morgan fingerprint density at radius 1 is 1.21 bits per heavy atom. The molecule has 2 aromatic carbocycles. The van der Waals surface area contributed by atoms with Crippen molar-refractivity contribution in [2.75, 3.05) is 19.4 Å². The number of benzene rings is 2. The number of nitrogen functional groups attached to an aromatic ring is 1. The Bertz CT molecular complexity index is 1470. The lowest BCUT2D eigenvalue weighted by Crippen LogP contribution is -2.38. The molecule has 1 amide bonds. The highest BCUT2D eigenvalue weighted by molar-refractivity contribution is 6.30. The highest BCUT2D eigenvalue weighted by Crippen LogP contribution is 2.45. The number of alkyl halides is 3. The Hall–Kier alpha value is -3.67. The summed E-state index contributed by atoms with van der Waals surface area (Å²) in [6, 6.07) is 2.61. The van der Waals surface area contributed by atoms with Gasteiger partial charge in [-0.15, -0.1) is 0 Å². The highest BCUT2D eigenvalue weighted by Gasteiger charge is 2.40. The average molecular weight is 615 g/mol. The van der Waals surface area contributed by atoms with Gasteiger partial charge in [0.05, 0.1) is 17.8 Å². The molecule has 1 heterocycles. The molecule has 0 saturated heterocycles. The van der Waals surface area contributed by atoms with Crippen molar-refractivity contribution in [1.29, 1.82) is 0 Å². The minimum absolute atomic E-state index is 0.0104. The van der Waals surface area contributed by atoms with Gasteiger partial charge in [0.1, 0.15) is 34.9 Å². The molecular weight excluding hydrogens is 586 g/mol. The number of dihydropyridines is 1. The van der Waals surface area contributed by atoms with Crippen molar-refractivity contribution >= 4 is 29.4 Å².